The van der Waals surface area contributed by atoms with Crippen LogP contribution in [0, 0.1) is 6.92 Å². The van der Waals surface area contributed by atoms with E-state index in [1.807, 2.05) is 18.2 Å². The van der Waals surface area contributed by atoms with Crippen molar-refractivity contribution >= 4 is 23.2 Å². The molecule has 0 aliphatic heterocycles. The van der Waals surface area contributed by atoms with Crippen LogP contribution in [0.25, 0.3) is 0 Å². The van der Waals surface area contributed by atoms with Gasteiger partial charge in [0.25, 0.3) is 0 Å². The van der Waals surface area contributed by atoms with E-state index in [-0.39, 0.29) is 12.1 Å². The molecule has 0 spiro atoms. The van der Waals surface area contributed by atoms with E-state index < -0.39 is 0 Å². The van der Waals surface area contributed by atoms with Gasteiger partial charge < -0.3 is 5.32 Å². The second-order valence-corrected chi connectivity index (χ2v) is 5.98. The molecule has 2 rings (SSSR count). The van der Waals surface area contributed by atoms with Gasteiger partial charge in [0.05, 0.1) is 0 Å². The van der Waals surface area contributed by atoms with Crippen LogP contribution in [0.15, 0.2) is 42.5 Å². The van der Waals surface area contributed by atoms with E-state index in [0.29, 0.717) is 5.02 Å². The largest absolute Gasteiger partial charge is 0.304 e. The zero-order valence-corrected chi connectivity index (χ0v) is 13.5. The first-order valence-electron chi connectivity index (χ1n) is 6.75. The molecule has 3 heteroatoms. The predicted molar refractivity (Wildman–Crippen MR) is 87.6 cm³/mol. The molecule has 0 aromatic heterocycles. The van der Waals surface area contributed by atoms with Gasteiger partial charge in [-0.2, -0.15) is 0 Å². The van der Waals surface area contributed by atoms with E-state index in [1.165, 1.54) is 11.1 Å². The number of hydrogen-bond acceptors (Lipinski definition) is 1. The SMILES string of the molecule is Cc1ccccc1C(C)NC(C)c1cc(Cl)ccc1Cl. The summed E-state index contributed by atoms with van der Waals surface area (Å²) in [5.41, 5.74) is 3.62. The molecule has 0 heterocycles. The Balaban J connectivity index is 2.17. The zero-order chi connectivity index (χ0) is 14.7. The molecule has 1 N–H and O–H groups in total. The summed E-state index contributed by atoms with van der Waals surface area (Å²) in [5, 5.41) is 5.03. The average molecular weight is 308 g/mol. The van der Waals surface area contributed by atoms with Crippen molar-refractivity contribution in [3.63, 3.8) is 0 Å². The lowest BCUT2D eigenvalue weighted by atomic mass is 10.0. The van der Waals surface area contributed by atoms with Crippen LogP contribution in [0.3, 0.4) is 0 Å². The van der Waals surface area contributed by atoms with Gasteiger partial charge in [0, 0.05) is 22.1 Å². The lowest BCUT2D eigenvalue weighted by Gasteiger charge is -2.23. The van der Waals surface area contributed by atoms with Crippen LogP contribution in [-0.2, 0) is 0 Å². The second-order valence-electron chi connectivity index (χ2n) is 5.13. The van der Waals surface area contributed by atoms with Crippen molar-refractivity contribution in [1.29, 1.82) is 0 Å². The second kappa shape index (κ2) is 6.62. The lowest BCUT2D eigenvalue weighted by Crippen LogP contribution is -2.23. The summed E-state index contributed by atoms with van der Waals surface area (Å²) >= 11 is 12.3. The van der Waals surface area contributed by atoms with Gasteiger partial charge in [0.15, 0.2) is 0 Å². The Hall–Kier alpha value is -1.02. The summed E-state index contributed by atoms with van der Waals surface area (Å²) in [6, 6.07) is 14.4. The summed E-state index contributed by atoms with van der Waals surface area (Å²) in [4.78, 5) is 0. The van der Waals surface area contributed by atoms with Gasteiger partial charge in [-0.25, -0.2) is 0 Å². The van der Waals surface area contributed by atoms with E-state index in [0.717, 1.165) is 10.6 Å². The van der Waals surface area contributed by atoms with E-state index >= 15 is 0 Å². The summed E-state index contributed by atoms with van der Waals surface area (Å²) < 4.78 is 0. The van der Waals surface area contributed by atoms with Crippen LogP contribution in [0.4, 0.5) is 0 Å². The number of nitrogens with one attached hydrogen (secondary N) is 1. The van der Waals surface area contributed by atoms with Crippen LogP contribution in [0.2, 0.25) is 10.0 Å². The Labute approximate surface area is 130 Å². The van der Waals surface area contributed by atoms with Crippen LogP contribution in [0.1, 0.15) is 42.6 Å². The highest BCUT2D eigenvalue weighted by Gasteiger charge is 2.15. The summed E-state index contributed by atoms with van der Waals surface area (Å²) in [6.45, 7) is 6.40. The van der Waals surface area contributed by atoms with Gasteiger partial charge >= 0.3 is 0 Å². The molecule has 0 radical (unpaired) electrons. The number of aryl methyl sites for hydroxylation is 1. The van der Waals surface area contributed by atoms with Crippen LogP contribution < -0.4 is 5.32 Å². The highest BCUT2D eigenvalue weighted by Crippen LogP contribution is 2.28. The first kappa shape index (κ1) is 15.4. The van der Waals surface area contributed by atoms with Crippen molar-refractivity contribution in [3.8, 4) is 0 Å². The van der Waals surface area contributed by atoms with Crippen molar-refractivity contribution in [2.45, 2.75) is 32.9 Å². The first-order valence-corrected chi connectivity index (χ1v) is 7.51. The summed E-state index contributed by atoms with van der Waals surface area (Å²) in [6.07, 6.45) is 0. The molecule has 0 amide bonds. The molecule has 0 saturated heterocycles. The standard InChI is InChI=1S/C17H19Cl2N/c1-11-6-4-5-7-15(11)12(2)20-13(3)16-10-14(18)8-9-17(16)19/h4-10,12-13,20H,1-3H3. The molecule has 0 aliphatic carbocycles. The van der Waals surface area contributed by atoms with E-state index in [1.54, 1.807) is 0 Å². The Kier molecular flexibility index (Phi) is 5.09. The molecule has 1 nitrogen and oxygen atoms in total. The minimum atomic E-state index is 0.135. The normalized spacial score (nSPS) is 14.1. The van der Waals surface area contributed by atoms with E-state index in [9.17, 15) is 0 Å². The smallest absolute Gasteiger partial charge is 0.0454 e. The fourth-order valence-corrected chi connectivity index (χ4v) is 2.94. The van der Waals surface area contributed by atoms with Crippen molar-refractivity contribution < 1.29 is 0 Å². The minimum Gasteiger partial charge on any atom is -0.304 e. The molecule has 20 heavy (non-hydrogen) atoms. The van der Waals surface area contributed by atoms with Gasteiger partial charge in [-0.05, 0) is 55.7 Å². The molecule has 2 unspecified atom stereocenters. The minimum absolute atomic E-state index is 0.135. The van der Waals surface area contributed by atoms with Crippen molar-refractivity contribution in [2.75, 3.05) is 0 Å². The van der Waals surface area contributed by atoms with Gasteiger partial charge in [-0.3, -0.25) is 0 Å². The molecule has 0 fully saturated rings. The third kappa shape index (κ3) is 3.54. The van der Waals surface area contributed by atoms with Gasteiger partial charge in [0.2, 0.25) is 0 Å². The molecule has 2 atom stereocenters. The van der Waals surface area contributed by atoms with Crippen molar-refractivity contribution in [3.05, 3.63) is 69.2 Å². The molecular formula is C17H19Cl2N. The number of halogens is 2. The maximum absolute atomic E-state index is 6.25. The average Bonchev–Trinajstić information content (AvgIpc) is 2.41. The van der Waals surface area contributed by atoms with Crippen molar-refractivity contribution in [1.82, 2.24) is 5.32 Å². The van der Waals surface area contributed by atoms with Crippen LogP contribution in [0.5, 0.6) is 0 Å². The fourth-order valence-electron chi connectivity index (χ4n) is 2.47. The highest BCUT2D eigenvalue weighted by atomic mass is 35.5. The van der Waals surface area contributed by atoms with E-state index in [4.69, 9.17) is 23.2 Å². The third-order valence-electron chi connectivity index (χ3n) is 3.58. The molecule has 2 aromatic carbocycles. The molecule has 0 bridgehead atoms. The Morgan fingerprint density at radius 1 is 0.900 bits per heavy atom. The fraction of sp³-hybridized carbons (Fsp3) is 0.294. The maximum atomic E-state index is 6.25. The molecule has 106 valence electrons. The Morgan fingerprint density at radius 3 is 2.25 bits per heavy atom. The maximum Gasteiger partial charge on any atom is 0.0454 e. The van der Waals surface area contributed by atoms with Gasteiger partial charge in [-0.15, -0.1) is 0 Å². The summed E-state index contributed by atoms with van der Waals surface area (Å²) in [7, 11) is 0. The van der Waals surface area contributed by atoms with Gasteiger partial charge in [-0.1, -0.05) is 47.5 Å². The van der Waals surface area contributed by atoms with Crippen LogP contribution >= 0.6 is 23.2 Å². The van der Waals surface area contributed by atoms with E-state index in [2.05, 4.69) is 50.4 Å². The lowest BCUT2D eigenvalue weighted by molar-refractivity contribution is 0.493. The van der Waals surface area contributed by atoms with Crippen LogP contribution in [-0.4, -0.2) is 0 Å². The monoisotopic (exact) mass is 307 g/mol. The Bertz CT molecular complexity index is 595. The zero-order valence-electron chi connectivity index (χ0n) is 12.0. The quantitative estimate of drug-likeness (QED) is 0.762. The predicted octanol–water partition coefficient (Wildman–Crippen LogP) is 5.71. The Morgan fingerprint density at radius 2 is 1.55 bits per heavy atom. The van der Waals surface area contributed by atoms with Gasteiger partial charge in [0.1, 0.15) is 0 Å². The number of benzene rings is 2. The molecule has 0 saturated carbocycles. The molecular weight excluding hydrogens is 289 g/mol. The third-order valence-corrected chi connectivity index (χ3v) is 4.16. The first-order chi connectivity index (χ1) is 9.49. The number of hydrogen-bond donors (Lipinski definition) is 1. The summed E-state index contributed by atoms with van der Waals surface area (Å²) in [5.74, 6) is 0. The highest BCUT2D eigenvalue weighted by molar-refractivity contribution is 6.33. The number of rotatable bonds is 4. The topological polar surface area (TPSA) is 12.0 Å². The molecule has 0 aliphatic rings. The molecule has 2 aromatic rings. The van der Waals surface area contributed by atoms with Crippen molar-refractivity contribution in [2.24, 2.45) is 0 Å².